The van der Waals surface area contributed by atoms with Crippen LogP contribution in [0.15, 0.2) is 18.2 Å². The highest BCUT2D eigenvalue weighted by Crippen LogP contribution is 2.20. The number of nitrogens with one attached hydrogen (secondary N) is 1. The Morgan fingerprint density at radius 1 is 1.33 bits per heavy atom. The van der Waals surface area contributed by atoms with Gasteiger partial charge in [-0.15, -0.1) is 0 Å². The second-order valence-electron chi connectivity index (χ2n) is 4.26. The smallest absolute Gasteiger partial charge is 0.248 e. The molecular formula is C12H18N4O2. The van der Waals surface area contributed by atoms with E-state index >= 15 is 0 Å². The molecule has 6 nitrogen and oxygen atoms in total. The minimum absolute atomic E-state index is 0.0617. The van der Waals surface area contributed by atoms with Gasteiger partial charge in [0.1, 0.15) is 6.04 Å². The fourth-order valence-corrected chi connectivity index (χ4v) is 1.53. The van der Waals surface area contributed by atoms with Crippen LogP contribution >= 0.6 is 0 Å². The summed E-state index contributed by atoms with van der Waals surface area (Å²) in [6.07, 6.45) is 0. The molecule has 0 spiro atoms. The van der Waals surface area contributed by atoms with Crippen molar-refractivity contribution < 1.29 is 9.59 Å². The fourth-order valence-electron chi connectivity index (χ4n) is 1.53. The minimum Gasteiger partial charge on any atom is -0.397 e. The molecular weight excluding hydrogens is 232 g/mol. The predicted octanol–water partition coefficient (Wildman–Crippen LogP) is 0.256. The molecule has 2 amide bonds. The second kappa shape index (κ2) is 5.39. The van der Waals surface area contributed by atoms with Gasteiger partial charge < -0.3 is 21.7 Å². The number of carbonyl (C=O) groups is 2. The second-order valence-corrected chi connectivity index (χ2v) is 4.26. The number of hydrogen-bond acceptors (Lipinski definition) is 4. The van der Waals surface area contributed by atoms with Crippen molar-refractivity contribution in [2.75, 3.05) is 25.1 Å². The summed E-state index contributed by atoms with van der Waals surface area (Å²) in [7, 11) is 3.36. The average Bonchev–Trinajstić information content (AvgIpc) is 2.30. The van der Waals surface area contributed by atoms with Gasteiger partial charge in [0.25, 0.3) is 0 Å². The predicted molar refractivity (Wildman–Crippen MR) is 71.2 cm³/mol. The van der Waals surface area contributed by atoms with Crippen molar-refractivity contribution in [1.29, 1.82) is 0 Å². The molecule has 0 aliphatic heterocycles. The van der Waals surface area contributed by atoms with E-state index in [4.69, 9.17) is 11.5 Å². The van der Waals surface area contributed by atoms with Gasteiger partial charge in [-0.3, -0.25) is 9.59 Å². The molecule has 0 saturated heterocycles. The lowest BCUT2D eigenvalue weighted by Crippen LogP contribution is -2.36. The third-order valence-corrected chi connectivity index (χ3v) is 2.52. The Balaban J connectivity index is 2.86. The Kier molecular flexibility index (Phi) is 4.14. The first-order chi connectivity index (χ1) is 8.32. The Labute approximate surface area is 106 Å². The molecule has 1 rings (SSSR count). The monoisotopic (exact) mass is 250 g/mol. The standard InChI is InChI=1S/C12H18N4O2/c1-7(12(18)16(2)3)15-10-5-4-8(11(14)17)6-9(10)13/h4-7,15H,13H2,1-3H3,(H2,14,17). The van der Waals surface area contributed by atoms with E-state index in [0.717, 1.165) is 0 Å². The van der Waals surface area contributed by atoms with E-state index < -0.39 is 11.9 Å². The summed E-state index contributed by atoms with van der Waals surface area (Å²) < 4.78 is 0. The van der Waals surface area contributed by atoms with Crippen LogP contribution in [0, 0.1) is 0 Å². The number of likely N-dealkylation sites (N-methyl/N-ethyl adjacent to an activating group) is 1. The maximum absolute atomic E-state index is 11.7. The third-order valence-electron chi connectivity index (χ3n) is 2.52. The summed E-state index contributed by atoms with van der Waals surface area (Å²) in [5.74, 6) is -0.598. The van der Waals surface area contributed by atoms with Crippen LogP contribution in [0.2, 0.25) is 0 Å². The molecule has 0 radical (unpaired) electrons. The molecule has 18 heavy (non-hydrogen) atoms. The SMILES string of the molecule is CC(Nc1ccc(C(N)=O)cc1N)C(=O)N(C)C. The van der Waals surface area contributed by atoms with E-state index in [1.807, 2.05) is 0 Å². The Bertz CT molecular complexity index is 471. The van der Waals surface area contributed by atoms with Gasteiger partial charge in [0.05, 0.1) is 11.4 Å². The highest BCUT2D eigenvalue weighted by Gasteiger charge is 2.15. The van der Waals surface area contributed by atoms with Crippen molar-refractivity contribution in [3.05, 3.63) is 23.8 Å². The van der Waals surface area contributed by atoms with Gasteiger partial charge in [0.2, 0.25) is 11.8 Å². The first-order valence-corrected chi connectivity index (χ1v) is 5.50. The summed E-state index contributed by atoms with van der Waals surface area (Å²) in [6.45, 7) is 1.74. The van der Waals surface area contributed by atoms with E-state index in [1.54, 1.807) is 33.2 Å². The van der Waals surface area contributed by atoms with E-state index in [2.05, 4.69) is 5.32 Å². The molecule has 0 aliphatic carbocycles. The van der Waals surface area contributed by atoms with Crippen LogP contribution in [-0.4, -0.2) is 36.9 Å². The number of primary amides is 1. The number of anilines is 2. The molecule has 1 aromatic rings. The van der Waals surface area contributed by atoms with Gasteiger partial charge in [-0.1, -0.05) is 0 Å². The van der Waals surface area contributed by atoms with Crippen molar-refractivity contribution in [2.24, 2.45) is 5.73 Å². The molecule has 98 valence electrons. The Morgan fingerprint density at radius 3 is 2.39 bits per heavy atom. The Hall–Kier alpha value is -2.24. The van der Waals surface area contributed by atoms with Crippen LogP contribution in [-0.2, 0) is 4.79 Å². The van der Waals surface area contributed by atoms with Crippen LogP contribution in [0.3, 0.4) is 0 Å². The van der Waals surface area contributed by atoms with Crippen LogP contribution in [0.1, 0.15) is 17.3 Å². The van der Waals surface area contributed by atoms with Gasteiger partial charge in [-0.2, -0.15) is 0 Å². The lowest BCUT2D eigenvalue weighted by molar-refractivity contribution is -0.129. The maximum Gasteiger partial charge on any atom is 0.248 e. The molecule has 0 fully saturated rings. The number of benzene rings is 1. The summed E-state index contributed by atoms with van der Waals surface area (Å²) in [6, 6.07) is 4.28. The molecule has 0 aliphatic rings. The van der Waals surface area contributed by atoms with Gasteiger partial charge in [-0.05, 0) is 25.1 Å². The Morgan fingerprint density at radius 2 is 1.94 bits per heavy atom. The first kappa shape index (κ1) is 13.8. The van der Waals surface area contributed by atoms with Crippen LogP contribution in [0.5, 0.6) is 0 Å². The number of carbonyl (C=O) groups excluding carboxylic acids is 2. The topological polar surface area (TPSA) is 101 Å². The van der Waals surface area contributed by atoms with Crippen LogP contribution in [0.4, 0.5) is 11.4 Å². The number of amides is 2. The van der Waals surface area contributed by atoms with Crippen molar-refractivity contribution in [1.82, 2.24) is 4.90 Å². The summed E-state index contributed by atoms with van der Waals surface area (Å²) >= 11 is 0. The average molecular weight is 250 g/mol. The van der Waals surface area contributed by atoms with E-state index in [-0.39, 0.29) is 5.91 Å². The first-order valence-electron chi connectivity index (χ1n) is 5.50. The summed E-state index contributed by atoms with van der Waals surface area (Å²) in [5, 5.41) is 2.99. The zero-order chi connectivity index (χ0) is 13.9. The quantitative estimate of drug-likeness (QED) is 0.667. The number of nitrogens with two attached hydrogens (primary N) is 2. The highest BCUT2D eigenvalue weighted by atomic mass is 16.2. The van der Waals surface area contributed by atoms with Gasteiger partial charge in [0.15, 0.2) is 0 Å². The van der Waals surface area contributed by atoms with Crippen molar-refractivity contribution in [2.45, 2.75) is 13.0 Å². The lowest BCUT2D eigenvalue weighted by atomic mass is 10.1. The summed E-state index contributed by atoms with van der Waals surface area (Å²) in [5.41, 5.74) is 12.3. The molecule has 0 aromatic heterocycles. The highest BCUT2D eigenvalue weighted by molar-refractivity contribution is 5.95. The third kappa shape index (κ3) is 3.13. The largest absolute Gasteiger partial charge is 0.397 e. The molecule has 0 saturated carbocycles. The molecule has 6 heteroatoms. The molecule has 1 atom stereocenters. The van der Waals surface area contributed by atoms with E-state index in [9.17, 15) is 9.59 Å². The molecule has 0 heterocycles. The zero-order valence-corrected chi connectivity index (χ0v) is 10.7. The maximum atomic E-state index is 11.7. The van der Waals surface area contributed by atoms with Crippen LogP contribution < -0.4 is 16.8 Å². The zero-order valence-electron chi connectivity index (χ0n) is 10.7. The fraction of sp³-hybridized carbons (Fsp3) is 0.333. The minimum atomic E-state index is -0.536. The molecule has 1 unspecified atom stereocenters. The lowest BCUT2D eigenvalue weighted by Gasteiger charge is -2.20. The molecule has 0 bridgehead atoms. The van der Waals surface area contributed by atoms with Gasteiger partial charge >= 0.3 is 0 Å². The summed E-state index contributed by atoms with van der Waals surface area (Å²) in [4.78, 5) is 24.1. The molecule has 1 aromatic carbocycles. The van der Waals surface area contributed by atoms with Crippen molar-refractivity contribution in [3.8, 4) is 0 Å². The molecule has 5 N–H and O–H groups in total. The van der Waals surface area contributed by atoms with Gasteiger partial charge in [-0.25, -0.2) is 0 Å². The number of rotatable bonds is 4. The van der Waals surface area contributed by atoms with Crippen LogP contribution in [0.25, 0.3) is 0 Å². The van der Waals surface area contributed by atoms with Crippen molar-refractivity contribution >= 4 is 23.2 Å². The number of nitrogen functional groups attached to an aromatic ring is 1. The van der Waals surface area contributed by atoms with E-state index in [0.29, 0.717) is 16.9 Å². The number of hydrogen-bond donors (Lipinski definition) is 3. The number of nitrogens with zero attached hydrogens (tertiary/aromatic N) is 1. The van der Waals surface area contributed by atoms with Crippen molar-refractivity contribution in [3.63, 3.8) is 0 Å². The normalized spacial score (nSPS) is 11.7. The van der Waals surface area contributed by atoms with Gasteiger partial charge in [0, 0.05) is 19.7 Å². The van der Waals surface area contributed by atoms with E-state index in [1.165, 1.54) is 11.0 Å².